The van der Waals surface area contributed by atoms with Gasteiger partial charge in [0.2, 0.25) is 11.4 Å². The topological polar surface area (TPSA) is 113 Å². The molecule has 0 spiro atoms. The van der Waals surface area contributed by atoms with E-state index in [2.05, 4.69) is 15.0 Å². The zero-order valence-electron chi connectivity index (χ0n) is 13.6. The summed E-state index contributed by atoms with van der Waals surface area (Å²) in [6.07, 6.45) is 2.42. The second kappa shape index (κ2) is 6.14. The number of Topliss-reactive ketones (excluding diaryl/α,β-unsaturated/α-hetero) is 1. The van der Waals surface area contributed by atoms with Gasteiger partial charge in [-0.2, -0.15) is 0 Å². The largest absolute Gasteiger partial charge is 0.394 e. The Labute approximate surface area is 144 Å². The minimum atomic E-state index is -1.58. The number of carbonyl (C=O) groups excluding carboxylic acids is 1. The molecule has 0 saturated carbocycles. The lowest BCUT2D eigenvalue weighted by molar-refractivity contribution is -0.0393. The Balaban J connectivity index is 1.60. The Kier molecular flexibility index (Phi) is 3.95. The van der Waals surface area contributed by atoms with Crippen molar-refractivity contribution in [1.82, 2.24) is 4.90 Å². The minimum Gasteiger partial charge on any atom is -0.394 e. The van der Waals surface area contributed by atoms with E-state index >= 15 is 0 Å². The molecule has 25 heavy (non-hydrogen) atoms. The van der Waals surface area contributed by atoms with Crippen molar-refractivity contribution in [3.8, 4) is 0 Å². The molecule has 1 aromatic carbocycles. The van der Waals surface area contributed by atoms with E-state index in [9.17, 15) is 9.90 Å². The summed E-state index contributed by atoms with van der Waals surface area (Å²) >= 11 is 0. The van der Waals surface area contributed by atoms with Crippen LogP contribution >= 0.6 is 0 Å². The van der Waals surface area contributed by atoms with Crippen LogP contribution < -0.4 is 5.73 Å². The number of aliphatic hydroxyl groups is 1. The number of hydrogen-bond acceptors (Lipinski definition) is 8. The summed E-state index contributed by atoms with van der Waals surface area (Å²) in [6, 6.07) is 8.81. The Morgan fingerprint density at radius 3 is 2.88 bits per heavy atom. The van der Waals surface area contributed by atoms with Gasteiger partial charge in [-0.05, 0) is 12.8 Å². The van der Waals surface area contributed by atoms with Crippen molar-refractivity contribution in [2.24, 2.45) is 20.7 Å². The van der Waals surface area contributed by atoms with Crippen LogP contribution in [0.15, 0.2) is 45.3 Å². The third kappa shape index (κ3) is 2.58. The van der Waals surface area contributed by atoms with Gasteiger partial charge in [-0.1, -0.05) is 30.3 Å². The van der Waals surface area contributed by atoms with Gasteiger partial charge in [0.25, 0.3) is 0 Å². The van der Waals surface area contributed by atoms with Crippen LogP contribution in [0.3, 0.4) is 0 Å². The van der Waals surface area contributed by atoms with Crippen LogP contribution in [0.1, 0.15) is 23.2 Å². The zero-order valence-corrected chi connectivity index (χ0v) is 13.6. The first-order chi connectivity index (χ1) is 12.1. The van der Waals surface area contributed by atoms with Crippen LogP contribution in [0.5, 0.6) is 0 Å². The van der Waals surface area contributed by atoms with Crippen molar-refractivity contribution in [2.45, 2.75) is 30.8 Å². The fraction of sp³-hybridized carbons (Fsp3) is 0.412. The standard InChI is InChI=1S/C17H19N5O3/c18-17(15(24)11-4-2-1-3-5-11)14-16(19-9-21-17)22(10-20-14)13-7-6-12(8-23)25-13/h1-5,9,12-13,23H,6-8,10,18H2/t12-,13+,17?/m0/s1. The molecule has 0 radical (unpaired) electrons. The van der Waals surface area contributed by atoms with E-state index in [4.69, 9.17) is 10.5 Å². The molecule has 3 heterocycles. The highest BCUT2D eigenvalue weighted by Gasteiger charge is 2.49. The number of ketones is 1. The highest BCUT2D eigenvalue weighted by Crippen LogP contribution is 2.29. The summed E-state index contributed by atoms with van der Waals surface area (Å²) in [5.74, 6) is 0.197. The molecule has 3 N–H and O–H groups in total. The second-order valence-electron chi connectivity index (χ2n) is 6.25. The first-order valence-corrected chi connectivity index (χ1v) is 8.22. The van der Waals surface area contributed by atoms with E-state index in [0.29, 0.717) is 23.8 Å². The number of amidine groups is 1. The molecule has 130 valence electrons. The fourth-order valence-electron chi connectivity index (χ4n) is 3.34. The van der Waals surface area contributed by atoms with Gasteiger partial charge < -0.3 is 14.7 Å². The van der Waals surface area contributed by atoms with Gasteiger partial charge >= 0.3 is 0 Å². The van der Waals surface area contributed by atoms with Crippen molar-refractivity contribution >= 4 is 23.7 Å². The number of ether oxygens (including phenoxy) is 1. The SMILES string of the molecule is NC1(C(=O)c2ccccc2)N=CN=C2C1=NCN2[C@H]1CC[C@@H](CO)O1. The van der Waals surface area contributed by atoms with Crippen LogP contribution in [0.25, 0.3) is 0 Å². The number of carbonyl (C=O) groups is 1. The molecule has 1 fully saturated rings. The Morgan fingerprint density at radius 1 is 1.36 bits per heavy atom. The number of fused-ring (bicyclic) bond motifs is 1. The second-order valence-corrected chi connectivity index (χ2v) is 6.25. The quantitative estimate of drug-likeness (QED) is 0.758. The van der Waals surface area contributed by atoms with Crippen LogP contribution in [-0.4, -0.2) is 64.9 Å². The van der Waals surface area contributed by atoms with Gasteiger partial charge in [0.05, 0.1) is 12.7 Å². The predicted molar refractivity (Wildman–Crippen MR) is 92.7 cm³/mol. The van der Waals surface area contributed by atoms with Crippen molar-refractivity contribution in [2.75, 3.05) is 13.3 Å². The lowest BCUT2D eigenvalue weighted by Crippen LogP contribution is -2.58. The number of nitrogens with two attached hydrogens (primary N) is 1. The van der Waals surface area contributed by atoms with E-state index in [0.717, 1.165) is 12.8 Å². The maximum absolute atomic E-state index is 12.9. The maximum Gasteiger partial charge on any atom is 0.219 e. The number of aliphatic imine (C=N–C) groups is 3. The van der Waals surface area contributed by atoms with E-state index in [1.54, 1.807) is 24.3 Å². The van der Waals surface area contributed by atoms with Crippen LogP contribution in [-0.2, 0) is 4.74 Å². The van der Waals surface area contributed by atoms with Crippen LogP contribution in [0.4, 0.5) is 0 Å². The molecule has 1 saturated heterocycles. The minimum absolute atomic E-state index is 0.0146. The van der Waals surface area contributed by atoms with E-state index in [-0.39, 0.29) is 24.7 Å². The smallest absolute Gasteiger partial charge is 0.219 e. The molecule has 3 aliphatic heterocycles. The van der Waals surface area contributed by atoms with Gasteiger partial charge in [0.15, 0.2) is 5.84 Å². The van der Waals surface area contributed by atoms with Crippen LogP contribution in [0, 0.1) is 0 Å². The molecule has 0 bridgehead atoms. The van der Waals surface area contributed by atoms with E-state index in [1.165, 1.54) is 6.34 Å². The average Bonchev–Trinajstić information content (AvgIpc) is 3.29. The lowest BCUT2D eigenvalue weighted by Gasteiger charge is -2.30. The number of rotatable bonds is 4. The van der Waals surface area contributed by atoms with E-state index < -0.39 is 5.66 Å². The predicted octanol–water partition coefficient (Wildman–Crippen LogP) is 0.176. The molecule has 3 atom stereocenters. The molecule has 1 aromatic rings. The summed E-state index contributed by atoms with van der Waals surface area (Å²) < 4.78 is 5.81. The van der Waals surface area contributed by atoms with Gasteiger partial charge in [0, 0.05) is 5.56 Å². The monoisotopic (exact) mass is 341 g/mol. The summed E-state index contributed by atoms with van der Waals surface area (Å²) in [6.45, 7) is 0.292. The average molecular weight is 341 g/mol. The van der Waals surface area contributed by atoms with Gasteiger partial charge in [0.1, 0.15) is 24.9 Å². The first-order valence-electron chi connectivity index (χ1n) is 8.22. The molecular formula is C17H19N5O3. The van der Waals surface area contributed by atoms with E-state index in [1.807, 2.05) is 11.0 Å². The lowest BCUT2D eigenvalue weighted by atomic mass is 9.93. The number of nitrogens with zero attached hydrogens (tertiary/aromatic N) is 4. The van der Waals surface area contributed by atoms with Crippen molar-refractivity contribution < 1.29 is 14.6 Å². The van der Waals surface area contributed by atoms with Gasteiger partial charge in [-0.15, -0.1) is 0 Å². The Morgan fingerprint density at radius 2 is 2.16 bits per heavy atom. The molecule has 4 rings (SSSR count). The maximum atomic E-state index is 12.9. The number of aliphatic hydroxyl groups excluding tert-OH is 1. The van der Waals surface area contributed by atoms with Gasteiger partial charge in [-0.25, -0.2) is 9.98 Å². The highest BCUT2D eigenvalue weighted by atomic mass is 16.5. The summed E-state index contributed by atoms with van der Waals surface area (Å²) in [4.78, 5) is 27.7. The first kappa shape index (κ1) is 16.1. The third-order valence-corrected chi connectivity index (χ3v) is 4.69. The normalized spacial score (nSPS) is 30.9. The summed E-state index contributed by atoms with van der Waals surface area (Å²) in [5.41, 5.74) is 5.62. The molecule has 0 aliphatic carbocycles. The Bertz CT molecular complexity index is 776. The Hall–Kier alpha value is -2.42. The molecular weight excluding hydrogens is 322 g/mol. The fourth-order valence-corrected chi connectivity index (χ4v) is 3.34. The molecule has 3 aliphatic rings. The zero-order chi connectivity index (χ0) is 17.4. The van der Waals surface area contributed by atoms with Crippen molar-refractivity contribution in [3.05, 3.63) is 35.9 Å². The van der Waals surface area contributed by atoms with Gasteiger partial charge in [-0.3, -0.25) is 15.5 Å². The van der Waals surface area contributed by atoms with Crippen molar-refractivity contribution in [3.63, 3.8) is 0 Å². The summed E-state index contributed by atoms with van der Waals surface area (Å²) in [5, 5.41) is 9.25. The molecule has 0 amide bonds. The summed E-state index contributed by atoms with van der Waals surface area (Å²) in [7, 11) is 0. The molecule has 8 heteroatoms. The number of benzene rings is 1. The molecule has 0 aromatic heterocycles. The molecule has 1 unspecified atom stereocenters. The van der Waals surface area contributed by atoms with Crippen molar-refractivity contribution in [1.29, 1.82) is 0 Å². The highest BCUT2D eigenvalue weighted by molar-refractivity contribution is 6.52. The van der Waals surface area contributed by atoms with Crippen LogP contribution in [0.2, 0.25) is 0 Å². The third-order valence-electron chi connectivity index (χ3n) is 4.69. The number of hydrogen-bond donors (Lipinski definition) is 2. The molecule has 8 nitrogen and oxygen atoms in total.